The van der Waals surface area contributed by atoms with Gasteiger partial charge in [-0.05, 0) is 43.7 Å². The van der Waals surface area contributed by atoms with Crippen molar-refractivity contribution in [1.29, 1.82) is 0 Å². The van der Waals surface area contributed by atoms with Gasteiger partial charge in [-0.25, -0.2) is 0 Å². The molecule has 4 rings (SSSR count). The van der Waals surface area contributed by atoms with Gasteiger partial charge >= 0.3 is 0 Å². The monoisotopic (exact) mass is 415 g/mol. The largest absolute Gasteiger partial charge is 0.497 e. The molecule has 29 heavy (non-hydrogen) atoms. The molecule has 2 aromatic rings. The molecule has 4 N–H and O–H groups in total. The van der Waals surface area contributed by atoms with Crippen molar-refractivity contribution in [2.75, 3.05) is 17.7 Å². The minimum atomic E-state index is -1.29. The van der Waals surface area contributed by atoms with E-state index in [0.29, 0.717) is 34.1 Å². The first kappa shape index (κ1) is 19.7. The Morgan fingerprint density at radius 3 is 2.69 bits per heavy atom. The van der Waals surface area contributed by atoms with E-state index in [2.05, 4.69) is 16.0 Å². The SMILES string of the molecule is COc1ccc(NC(=O)[C@H]2C[C@@H]([C@H](C)O)N[C@]23C(=O)Nc2c(Cl)cccc23)cc1. The number of carbonyl (C=O) groups is 2. The number of anilines is 2. The van der Waals surface area contributed by atoms with E-state index in [9.17, 15) is 14.7 Å². The van der Waals surface area contributed by atoms with Crippen molar-refractivity contribution < 1.29 is 19.4 Å². The Balaban J connectivity index is 1.71. The first-order valence-electron chi connectivity index (χ1n) is 9.38. The zero-order valence-corrected chi connectivity index (χ0v) is 16.8. The van der Waals surface area contributed by atoms with Gasteiger partial charge in [-0.3, -0.25) is 14.9 Å². The van der Waals surface area contributed by atoms with Crippen molar-refractivity contribution in [3.63, 3.8) is 0 Å². The van der Waals surface area contributed by atoms with E-state index in [-0.39, 0.29) is 11.8 Å². The summed E-state index contributed by atoms with van der Waals surface area (Å²) >= 11 is 6.28. The maximum atomic E-state index is 13.3. The van der Waals surface area contributed by atoms with Gasteiger partial charge in [-0.15, -0.1) is 0 Å². The van der Waals surface area contributed by atoms with Crippen LogP contribution in [0.15, 0.2) is 42.5 Å². The predicted octanol–water partition coefficient (Wildman–Crippen LogP) is 2.49. The number of amides is 2. The first-order chi connectivity index (χ1) is 13.9. The molecule has 0 saturated carbocycles. The standard InChI is InChI=1S/C21H22ClN3O4/c1-11(26)17-10-15(19(27)23-12-6-8-13(29-2)9-7-12)21(25-17)14-4-3-5-16(22)18(14)24-20(21)28/h3-9,11,15,17,25-26H,10H2,1-2H3,(H,23,27)(H,24,28)/t11-,15+,17-,21-/m0/s1. The topological polar surface area (TPSA) is 99.7 Å². The number of aliphatic hydroxyl groups is 1. The zero-order chi connectivity index (χ0) is 20.8. The van der Waals surface area contributed by atoms with Gasteiger partial charge in [0.2, 0.25) is 11.8 Å². The molecule has 4 atom stereocenters. The molecule has 8 heteroatoms. The lowest BCUT2D eigenvalue weighted by atomic mass is 9.79. The molecule has 0 radical (unpaired) electrons. The average molecular weight is 416 g/mol. The van der Waals surface area contributed by atoms with Crippen LogP contribution in [0.2, 0.25) is 5.02 Å². The summed E-state index contributed by atoms with van der Waals surface area (Å²) < 4.78 is 5.14. The third kappa shape index (κ3) is 3.15. The lowest BCUT2D eigenvalue weighted by molar-refractivity contribution is -0.130. The van der Waals surface area contributed by atoms with Gasteiger partial charge in [0.15, 0.2) is 0 Å². The van der Waals surface area contributed by atoms with Crippen LogP contribution in [0.5, 0.6) is 5.75 Å². The molecule has 152 valence electrons. The van der Waals surface area contributed by atoms with Crippen LogP contribution >= 0.6 is 11.6 Å². The van der Waals surface area contributed by atoms with Crippen molar-refractivity contribution in [2.45, 2.75) is 31.0 Å². The highest BCUT2D eigenvalue weighted by molar-refractivity contribution is 6.35. The Bertz CT molecular complexity index is 963. The Morgan fingerprint density at radius 1 is 1.31 bits per heavy atom. The number of hydrogen-bond acceptors (Lipinski definition) is 5. The molecule has 1 spiro atoms. The highest BCUT2D eigenvalue weighted by atomic mass is 35.5. The first-order valence-corrected chi connectivity index (χ1v) is 9.75. The van der Waals surface area contributed by atoms with Gasteiger partial charge in [0.05, 0.1) is 29.8 Å². The van der Waals surface area contributed by atoms with Crippen molar-refractivity contribution in [2.24, 2.45) is 5.92 Å². The molecular weight excluding hydrogens is 394 g/mol. The molecule has 1 saturated heterocycles. The Labute approximate surface area is 173 Å². The van der Waals surface area contributed by atoms with E-state index in [1.165, 1.54) is 0 Å². The Kier molecular flexibility index (Phi) is 4.98. The molecule has 2 aliphatic rings. The number of methoxy groups -OCH3 is 1. The molecule has 1 fully saturated rings. The highest BCUT2D eigenvalue weighted by Crippen LogP contribution is 2.49. The summed E-state index contributed by atoms with van der Waals surface area (Å²) in [4.78, 5) is 26.4. The van der Waals surface area contributed by atoms with Crippen LogP contribution in [0.4, 0.5) is 11.4 Å². The van der Waals surface area contributed by atoms with Crippen LogP contribution in [-0.4, -0.2) is 36.2 Å². The van der Waals surface area contributed by atoms with E-state index >= 15 is 0 Å². The third-order valence-electron chi connectivity index (χ3n) is 5.72. The minimum Gasteiger partial charge on any atom is -0.497 e. The molecule has 2 aromatic carbocycles. The normalized spacial score (nSPS) is 26.1. The highest BCUT2D eigenvalue weighted by Gasteiger charge is 2.61. The number of fused-ring (bicyclic) bond motifs is 2. The zero-order valence-electron chi connectivity index (χ0n) is 16.0. The number of rotatable bonds is 4. The number of para-hydroxylation sites is 1. The molecule has 2 aliphatic heterocycles. The lowest BCUT2D eigenvalue weighted by Crippen LogP contribution is -2.53. The number of aliphatic hydroxyl groups excluding tert-OH is 1. The summed E-state index contributed by atoms with van der Waals surface area (Å²) in [6.07, 6.45) is -0.430. The Hall–Kier alpha value is -2.61. The molecule has 7 nitrogen and oxygen atoms in total. The van der Waals surface area contributed by atoms with Crippen LogP contribution in [0.3, 0.4) is 0 Å². The van der Waals surface area contributed by atoms with Crippen molar-refractivity contribution >= 4 is 34.8 Å². The predicted molar refractivity (Wildman–Crippen MR) is 110 cm³/mol. The molecule has 2 heterocycles. The summed E-state index contributed by atoms with van der Waals surface area (Å²) in [7, 11) is 1.57. The fourth-order valence-electron chi connectivity index (χ4n) is 4.21. The average Bonchev–Trinajstić information content (AvgIpc) is 3.24. The number of carbonyl (C=O) groups excluding carboxylic acids is 2. The smallest absolute Gasteiger partial charge is 0.250 e. The summed E-state index contributed by atoms with van der Waals surface area (Å²) in [6.45, 7) is 1.64. The van der Waals surface area contributed by atoms with Crippen LogP contribution in [0, 0.1) is 5.92 Å². The van der Waals surface area contributed by atoms with Crippen LogP contribution in [-0.2, 0) is 15.1 Å². The fraction of sp³-hybridized carbons (Fsp3) is 0.333. The van der Waals surface area contributed by atoms with E-state index in [4.69, 9.17) is 16.3 Å². The van der Waals surface area contributed by atoms with Gasteiger partial charge in [0, 0.05) is 17.3 Å². The quantitative estimate of drug-likeness (QED) is 0.614. The van der Waals surface area contributed by atoms with Crippen molar-refractivity contribution in [3.05, 3.63) is 53.1 Å². The number of benzene rings is 2. The molecule has 0 unspecified atom stereocenters. The molecule has 2 amide bonds. The van der Waals surface area contributed by atoms with E-state index in [1.54, 1.807) is 56.5 Å². The van der Waals surface area contributed by atoms with E-state index in [1.807, 2.05) is 0 Å². The molecular formula is C21H22ClN3O4. The molecule has 0 aromatic heterocycles. The summed E-state index contributed by atoms with van der Waals surface area (Å²) in [6, 6.07) is 11.8. The summed E-state index contributed by atoms with van der Waals surface area (Å²) in [5.74, 6) is -0.716. The van der Waals surface area contributed by atoms with Crippen LogP contribution in [0.1, 0.15) is 18.9 Å². The lowest BCUT2D eigenvalue weighted by Gasteiger charge is -2.29. The second-order valence-electron chi connectivity index (χ2n) is 7.42. The fourth-order valence-corrected chi connectivity index (χ4v) is 4.43. The van der Waals surface area contributed by atoms with E-state index in [0.717, 1.165) is 0 Å². The number of halogens is 1. The maximum Gasteiger partial charge on any atom is 0.250 e. The maximum absolute atomic E-state index is 13.3. The number of hydrogen-bond donors (Lipinski definition) is 4. The second-order valence-corrected chi connectivity index (χ2v) is 7.83. The van der Waals surface area contributed by atoms with Gasteiger partial charge in [-0.1, -0.05) is 23.7 Å². The van der Waals surface area contributed by atoms with Gasteiger partial charge in [0.25, 0.3) is 0 Å². The molecule has 0 aliphatic carbocycles. The number of ether oxygens (including phenoxy) is 1. The minimum absolute atomic E-state index is 0.305. The van der Waals surface area contributed by atoms with Crippen molar-refractivity contribution in [1.82, 2.24) is 5.32 Å². The third-order valence-corrected chi connectivity index (χ3v) is 6.03. The van der Waals surface area contributed by atoms with Crippen LogP contribution < -0.4 is 20.7 Å². The number of nitrogens with one attached hydrogen (secondary N) is 3. The van der Waals surface area contributed by atoms with Crippen LogP contribution in [0.25, 0.3) is 0 Å². The second kappa shape index (κ2) is 7.33. The summed E-state index contributed by atoms with van der Waals surface area (Å²) in [5.41, 5.74) is 0.419. The van der Waals surface area contributed by atoms with E-state index < -0.39 is 23.6 Å². The Morgan fingerprint density at radius 2 is 2.03 bits per heavy atom. The summed E-state index contributed by atoms with van der Waals surface area (Å²) in [5, 5.41) is 19.5. The molecule has 0 bridgehead atoms. The van der Waals surface area contributed by atoms with Crippen molar-refractivity contribution in [3.8, 4) is 5.75 Å². The van der Waals surface area contributed by atoms with Gasteiger partial charge in [0.1, 0.15) is 11.3 Å². The van der Waals surface area contributed by atoms with Gasteiger partial charge in [-0.2, -0.15) is 0 Å². The van der Waals surface area contributed by atoms with Gasteiger partial charge < -0.3 is 20.5 Å².